The second kappa shape index (κ2) is 11.7. The molecule has 30 heavy (non-hydrogen) atoms. The average molecular weight is 436 g/mol. The number of carbonyl (C=O) groups is 1. The second-order valence-corrected chi connectivity index (χ2v) is 8.09. The molecule has 0 aromatic heterocycles. The fraction of sp³-hybridized carbons (Fsp3) is 0.300. The molecule has 0 bridgehead atoms. The monoisotopic (exact) mass is 435 g/mol. The molecule has 0 heterocycles. The van der Waals surface area contributed by atoms with E-state index in [1.807, 2.05) is 13.0 Å². The summed E-state index contributed by atoms with van der Waals surface area (Å²) in [5.41, 5.74) is 12.9. The number of hydrogen-bond donors (Lipinski definition) is 4. The number of nitrogens with two attached hydrogens (primary N) is 2. The topological polar surface area (TPSA) is 149 Å². The van der Waals surface area contributed by atoms with Crippen LogP contribution in [0.2, 0.25) is 0 Å². The molecule has 2 aromatic carbocycles. The van der Waals surface area contributed by atoms with E-state index >= 15 is 0 Å². The lowest BCUT2D eigenvalue weighted by atomic mass is 10.0. The predicted molar refractivity (Wildman–Crippen MR) is 119 cm³/mol. The van der Waals surface area contributed by atoms with E-state index in [4.69, 9.17) is 16.3 Å². The van der Waals surface area contributed by atoms with Gasteiger partial charge in [0.1, 0.15) is 6.61 Å². The third-order valence-corrected chi connectivity index (χ3v) is 5.12. The van der Waals surface area contributed by atoms with Crippen molar-refractivity contribution in [2.45, 2.75) is 26.5 Å². The minimum absolute atomic E-state index is 0. The van der Waals surface area contributed by atoms with Crippen molar-refractivity contribution in [1.82, 2.24) is 5.32 Å². The van der Waals surface area contributed by atoms with E-state index in [9.17, 15) is 13.2 Å². The van der Waals surface area contributed by atoms with Crippen molar-refractivity contribution in [2.24, 2.45) is 16.6 Å². The Morgan fingerprint density at radius 1 is 1.13 bits per heavy atom. The molecule has 0 fully saturated rings. The van der Waals surface area contributed by atoms with E-state index in [2.05, 4.69) is 15.2 Å². The number of hydrogen-bond acceptors (Lipinski definition) is 5. The highest BCUT2D eigenvalue weighted by molar-refractivity contribution is 7.91. The Morgan fingerprint density at radius 2 is 1.83 bits per heavy atom. The summed E-state index contributed by atoms with van der Waals surface area (Å²) >= 11 is 0. The molecule has 0 aliphatic heterocycles. The summed E-state index contributed by atoms with van der Waals surface area (Å²) in [4.78, 5) is 16.9. The molecule has 0 radical (unpaired) electrons. The summed E-state index contributed by atoms with van der Waals surface area (Å²) in [6, 6.07) is 14.0. The van der Waals surface area contributed by atoms with Crippen LogP contribution in [-0.4, -0.2) is 33.4 Å². The van der Waals surface area contributed by atoms with Crippen LogP contribution in [0.4, 0.5) is 5.69 Å². The molecule has 0 saturated heterocycles. The molecule has 0 aliphatic carbocycles. The number of anilines is 1. The largest absolute Gasteiger partial charge is 0.391 e. The highest BCUT2D eigenvalue weighted by Crippen LogP contribution is 2.18. The first kappa shape index (κ1) is 24.8. The first-order valence-corrected chi connectivity index (χ1v) is 10.5. The van der Waals surface area contributed by atoms with E-state index in [0.717, 1.165) is 5.56 Å². The fourth-order valence-electron chi connectivity index (χ4n) is 2.53. The van der Waals surface area contributed by atoms with Gasteiger partial charge in [-0.15, -0.1) is 0 Å². The number of amides is 1. The van der Waals surface area contributed by atoms with Gasteiger partial charge in [-0.1, -0.05) is 43.8 Å². The summed E-state index contributed by atoms with van der Waals surface area (Å²) in [6.07, 6.45) is 0.0996. The molecular formula is C20H29N5O4S. The fourth-order valence-corrected chi connectivity index (χ4v) is 3.72. The molecule has 2 aromatic rings. The van der Waals surface area contributed by atoms with Crippen LogP contribution in [0.1, 0.15) is 24.1 Å². The first-order chi connectivity index (χ1) is 13.7. The van der Waals surface area contributed by atoms with Crippen molar-refractivity contribution >= 4 is 27.6 Å². The Hall–Kier alpha value is -3.27. The van der Waals surface area contributed by atoms with Crippen molar-refractivity contribution in [2.75, 3.05) is 17.9 Å². The van der Waals surface area contributed by atoms with Gasteiger partial charge in [0.15, 0.2) is 0 Å². The average Bonchev–Trinajstić information content (AvgIpc) is 2.64. The van der Waals surface area contributed by atoms with Gasteiger partial charge in [0.05, 0.1) is 18.7 Å². The van der Waals surface area contributed by atoms with E-state index < -0.39 is 10.0 Å². The zero-order valence-corrected chi connectivity index (χ0v) is 16.9. The maximum atomic E-state index is 12.4. The maximum Gasteiger partial charge on any atom is 0.236 e. The molecule has 1 amide bonds. The number of aryl methyl sites for hydroxylation is 1. The molecule has 164 valence electrons. The summed E-state index contributed by atoms with van der Waals surface area (Å²) in [5.74, 6) is -0.558. The van der Waals surface area contributed by atoms with Crippen LogP contribution in [0.3, 0.4) is 0 Å². The molecule has 0 spiro atoms. The van der Waals surface area contributed by atoms with Gasteiger partial charge in [0.25, 0.3) is 0 Å². The zero-order chi connectivity index (χ0) is 21.3. The van der Waals surface area contributed by atoms with Crippen LogP contribution >= 0.6 is 0 Å². The molecule has 0 aliphatic rings. The minimum atomic E-state index is -3.57. The third-order valence-electron chi connectivity index (χ3n) is 3.86. The Kier molecular flexibility index (Phi) is 9.63. The van der Waals surface area contributed by atoms with E-state index in [-0.39, 0.29) is 44.6 Å². The maximum absolute atomic E-state index is 12.4. The van der Waals surface area contributed by atoms with Gasteiger partial charge in [0, 0.05) is 5.69 Å². The second-order valence-electron chi connectivity index (χ2n) is 6.36. The highest BCUT2D eigenvalue weighted by Gasteiger charge is 2.13. The van der Waals surface area contributed by atoms with E-state index in [1.54, 1.807) is 42.5 Å². The number of nitrogens with zero attached hydrogens (tertiary/aromatic N) is 1. The molecule has 2 rings (SSSR count). The Morgan fingerprint density at radius 3 is 2.50 bits per heavy atom. The van der Waals surface area contributed by atoms with Crippen molar-refractivity contribution in [1.29, 1.82) is 0 Å². The molecule has 0 saturated carbocycles. The molecule has 0 atom stereocenters. The molecule has 6 N–H and O–H groups in total. The van der Waals surface area contributed by atoms with Gasteiger partial charge in [-0.3, -0.25) is 9.52 Å². The summed E-state index contributed by atoms with van der Waals surface area (Å²) in [5, 5.41) is 6.03. The zero-order valence-electron chi connectivity index (χ0n) is 16.1. The molecule has 10 heteroatoms. The minimum Gasteiger partial charge on any atom is -0.391 e. The van der Waals surface area contributed by atoms with Crippen LogP contribution in [0, 0.1) is 6.92 Å². The van der Waals surface area contributed by atoms with Crippen molar-refractivity contribution in [3.63, 3.8) is 0 Å². The molecule has 9 nitrogen and oxygen atoms in total. The summed E-state index contributed by atoms with van der Waals surface area (Å²) < 4.78 is 27.4. The normalized spacial score (nSPS) is 10.4. The van der Waals surface area contributed by atoms with Gasteiger partial charge >= 0.3 is 0 Å². The van der Waals surface area contributed by atoms with Gasteiger partial charge in [-0.05, 0) is 40.9 Å². The van der Waals surface area contributed by atoms with Crippen molar-refractivity contribution in [3.05, 3.63) is 65.2 Å². The van der Waals surface area contributed by atoms with E-state index in [1.165, 1.54) is 0 Å². The Labute approximate surface area is 177 Å². The summed E-state index contributed by atoms with van der Waals surface area (Å²) in [6.45, 7) is 2.21. The Bertz CT molecular complexity index is 958. The third kappa shape index (κ3) is 8.82. The lowest BCUT2D eigenvalue weighted by Crippen LogP contribution is -2.29. The molecular weight excluding hydrogens is 406 g/mol. The van der Waals surface area contributed by atoms with Crippen LogP contribution < -0.4 is 21.5 Å². The summed E-state index contributed by atoms with van der Waals surface area (Å²) in [7, 11) is -3.57. The molecule has 0 unspecified atom stereocenters. The number of nitrogens with one attached hydrogen (secondary N) is 2. The number of sulfonamides is 1. The smallest absolute Gasteiger partial charge is 0.236 e. The SMILES string of the molecule is C.Cc1ccc(NS(=O)(=O)Cc2ccccc2)cc1CC(=O)NCCON=C(N)N. The first-order valence-electron chi connectivity index (χ1n) is 8.87. The number of oxime groups is 1. The van der Waals surface area contributed by atoms with Crippen molar-refractivity contribution < 1.29 is 18.0 Å². The van der Waals surface area contributed by atoms with Crippen LogP contribution in [0.25, 0.3) is 0 Å². The number of carbonyl (C=O) groups excluding carboxylic acids is 1. The predicted octanol–water partition coefficient (Wildman–Crippen LogP) is 1.44. The lowest BCUT2D eigenvalue weighted by molar-refractivity contribution is -0.120. The number of guanidine groups is 1. The van der Waals surface area contributed by atoms with Crippen molar-refractivity contribution in [3.8, 4) is 0 Å². The Balaban J connectivity index is 0.00000450. The standard InChI is InChI=1S/C19H25N5O4S.CH4/c1-14-7-8-17(24-29(26,27)13-15-5-3-2-4-6-15)11-16(14)12-18(25)22-9-10-28-23-19(20)21;/h2-8,11,24H,9-10,12-13H2,1H3,(H,22,25)(H4,20,21,23);1H4. The van der Waals surface area contributed by atoms with Gasteiger partial charge in [-0.25, -0.2) is 8.42 Å². The number of rotatable bonds is 10. The lowest BCUT2D eigenvalue weighted by Gasteiger charge is -2.12. The van der Waals surface area contributed by atoms with Crippen LogP contribution in [0.5, 0.6) is 0 Å². The van der Waals surface area contributed by atoms with Gasteiger partial charge < -0.3 is 21.6 Å². The highest BCUT2D eigenvalue weighted by atomic mass is 32.2. The number of benzene rings is 2. The van der Waals surface area contributed by atoms with E-state index in [0.29, 0.717) is 16.8 Å². The van der Waals surface area contributed by atoms with Crippen LogP contribution in [0.15, 0.2) is 53.7 Å². The van der Waals surface area contributed by atoms with Gasteiger partial charge in [-0.2, -0.15) is 0 Å². The van der Waals surface area contributed by atoms with Crippen LogP contribution in [-0.2, 0) is 31.8 Å². The van der Waals surface area contributed by atoms with Gasteiger partial charge in [0.2, 0.25) is 21.9 Å². The quantitative estimate of drug-likeness (QED) is 0.192.